The lowest BCUT2D eigenvalue weighted by Gasteiger charge is -2.49. The standard InChI is InChI=1S/C14H14N8O4S3/c1-6-17-18-14(29-6)28-4-7-3-27-12-9(11(24)22(12)10(7)13(25)26)16-8(23)2-21-5-15-19-20-21/h5,9,12H,2-4H2,1H3,(H,16,23)(H,25,26)/t9-,12?/m1/s1. The van der Waals surface area contributed by atoms with E-state index in [1.54, 1.807) is 0 Å². The van der Waals surface area contributed by atoms with E-state index in [0.29, 0.717) is 17.1 Å². The van der Waals surface area contributed by atoms with Gasteiger partial charge in [0.05, 0.1) is 0 Å². The van der Waals surface area contributed by atoms with Crippen LogP contribution in [0.15, 0.2) is 21.9 Å². The molecular weight excluding hydrogens is 440 g/mol. The van der Waals surface area contributed by atoms with Crippen LogP contribution in [0.2, 0.25) is 0 Å². The van der Waals surface area contributed by atoms with Gasteiger partial charge in [0.2, 0.25) is 5.91 Å². The van der Waals surface area contributed by atoms with Crippen LogP contribution in [0.5, 0.6) is 0 Å². The second kappa shape index (κ2) is 8.08. The van der Waals surface area contributed by atoms with Gasteiger partial charge in [-0.15, -0.1) is 27.1 Å². The Hall–Kier alpha value is -2.52. The SMILES string of the molecule is Cc1nnc(SCC2=C(C(=O)O)N3C(=O)[C@@H](NC(=O)Cn4cnnn4)C3SC2)s1. The summed E-state index contributed by atoms with van der Waals surface area (Å²) < 4.78 is 1.98. The number of carboxylic acids is 1. The van der Waals surface area contributed by atoms with E-state index in [4.69, 9.17) is 0 Å². The zero-order chi connectivity index (χ0) is 20.5. The van der Waals surface area contributed by atoms with Crippen LogP contribution in [0, 0.1) is 6.92 Å². The van der Waals surface area contributed by atoms with Gasteiger partial charge in [0.25, 0.3) is 5.91 Å². The van der Waals surface area contributed by atoms with Crippen molar-refractivity contribution in [1.29, 1.82) is 0 Å². The monoisotopic (exact) mass is 454 g/mol. The van der Waals surface area contributed by atoms with Crippen molar-refractivity contribution >= 4 is 52.6 Å². The second-order valence-electron chi connectivity index (χ2n) is 6.10. The van der Waals surface area contributed by atoms with Gasteiger partial charge in [0, 0.05) is 11.5 Å². The van der Waals surface area contributed by atoms with E-state index in [0.717, 1.165) is 9.35 Å². The summed E-state index contributed by atoms with van der Waals surface area (Å²) in [7, 11) is 0. The third kappa shape index (κ3) is 3.97. The van der Waals surface area contributed by atoms with Gasteiger partial charge in [0.1, 0.15) is 35.0 Å². The first-order valence-electron chi connectivity index (χ1n) is 8.27. The average Bonchev–Trinajstić information content (AvgIpc) is 3.35. The lowest BCUT2D eigenvalue weighted by Crippen LogP contribution is -2.70. The topological polar surface area (TPSA) is 156 Å². The van der Waals surface area contributed by atoms with Gasteiger partial charge in [-0.2, -0.15) is 0 Å². The van der Waals surface area contributed by atoms with Gasteiger partial charge in [-0.1, -0.05) is 23.1 Å². The summed E-state index contributed by atoms with van der Waals surface area (Å²) >= 11 is 4.24. The Morgan fingerprint density at radius 2 is 2.24 bits per heavy atom. The molecule has 4 heterocycles. The van der Waals surface area contributed by atoms with E-state index < -0.39 is 29.2 Å². The molecule has 0 aliphatic carbocycles. The van der Waals surface area contributed by atoms with Gasteiger partial charge in [-0.05, 0) is 22.9 Å². The third-order valence-corrected chi connectivity index (χ3v) is 7.54. The van der Waals surface area contributed by atoms with E-state index >= 15 is 0 Å². The van der Waals surface area contributed by atoms with Crippen molar-refractivity contribution < 1.29 is 19.5 Å². The number of β-lactam (4-membered cyclic amide) rings is 1. The van der Waals surface area contributed by atoms with Crippen LogP contribution in [0.4, 0.5) is 0 Å². The van der Waals surface area contributed by atoms with Crippen molar-refractivity contribution in [1.82, 2.24) is 40.6 Å². The number of nitrogens with zero attached hydrogens (tertiary/aromatic N) is 7. The van der Waals surface area contributed by atoms with E-state index in [1.807, 2.05) is 6.92 Å². The molecule has 1 fully saturated rings. The third-order valence-electron chi connectivity index (χ3n) is 4.14. The Labute approximate surface area is 176 Å². The summed E-state index contributed by atoms with van der Waals surface area (Å²) in [5.41, 5.74) is 0.627. The molecule has 0 saturated carbocycles. The minimum absolute atomic E-state index is 0.0153. The highest BCUT2D eigenvalue weighted by atomic mass is 32.2. The maximum Gasteiger partial charge on any atom is 0.352 e. The first-order chi connectivity index (χ1) is 13.9. The molecule has 12 nitrogen and oxygen atoms in total. The lowest BCUT2D eigenvalue weighted by atomic mass is 10.0. The molecule has 2 aromatic heterocycles. The fourth-order valence-corrected chi connectivity index (χ4v) is 6.20. The molecule has 152 valence electrons. The van der Waals surface area contributed by atoms with Crippen molar-refractivity contribution in [2.24, 2.45) is 0 Å². The first kappa shape index (κ1) is 19.8. The summed E-state index contributed by atoms with van der Waals surface area (Å²) in [5, 5.41) is 31.1. The molecule has 2 aliphatic heterocycles. The molecule has 2 N–H and O–H groups in total. The molecule has 2 aromatic rings. The van der Waals surface area contributed by atoms with E-state index in [1.165, 1.54) is 50.8 Å². The first-order valence-corrected chi connectivity index (χ1v) is 11.1. The number of amides is 2. The Kier molecular flexibility index (Phi) is 5.51. The van der Waals surface area contributed by atoms with Gasteiger partial charge in [0.15, 0.2) is 4.34 Å². The summed E-state index contributed by atoms with van der Waals surface area (Å²) in [4.78, 5) is 37.8. The average molecular weight is 455 g/mol. The highest BCUT2D eigenvalue weighted by Crippen LogP contribution is 2.41. The Morgan fingerprint density at radius 3 is 2.90 bits per heavy atom. The number of hydrogen-bond donors (Lipinski definition) is 2. The summed E-state index contributed by atoms with van der Waals surface area (Å²) in [5.74, 6) is -1.19. The fraction of sp³-hybridized carbons (Fsp3) is 0.429. The number of nitrogens with one attached hydrogen (secondary N) is 1. The summed E-state index contributed by atoms with van der Waals surface area (Å²) in [6.45, 7) is 1.72. The quantitative estimate of drug-likeness (QED) is 0.405. The van der Waals surface area contributed by atoms with Crippen LogP contribution in [0.3, 0.4) is 0 Å². The minimum Gasteiger partial charge on any atom is -0.477 e. The molecule has 1 saturated heterocycles. The van der Waals surface area contributed by atoms with Crippen molar-refractivity contribution in [2.75, 3.05) is 11.5 Å². The van der Waals surface area contributed by atoms with Crippen molar-refractivity contribution in [3.63, 3.8) is 0 Å². The molecule has 0 bridgehead atoms. The normalized spacial score (nSPS) is 21.0. The molecule has 2 amide bonds. The number of carboxylic acid groups (broad SMARTS) is 1. The van der Waals surface area contributed by atoms with Gasteiger partial charge < -0.3 is 10.4 Å². The predicted octanol–water partition coefficient (Wildman–Crippen LogP) is -0.636. The van der Waals surface area contributed by atoms with Crippen LogP contribution >= 0.6 is 34.9 Å². The summed E-state index contributed by atoms with van der Waals surface area (Å²) in [6.07, 6.45) is 1.29. The number of aryl methyl sites for hydroxylation is 1. The smallest absolute Gasteiger partial charge is 0.352 e. The maximum atomic E-state index is 12.6. The highest BCUT2D eigenvalue weighted by Gasteiger charge is 2.54. The molecule has 0 radical (unpaired) electrons. The zero-order valence-electron chi connectivity index (χ0n) is 14.9. The number of rotatable bonds is 7. The lowest BCUT2D eigenvalue weighted by molar-refractivity contribution is -0.150. The van der Waals surface area contributed by atoms with E-state index in [2.05, 4.69) is 31.0 Å². The molecule has 1 unspecified atom stereocenters. The zero-order valence-corrected chi connectivity index (χ0v) is 17.3. The number of aromatic nitrogens is 6. The molecule has 15 heteroatoms. The number of carbonyl (C=O) groups is 3. The molecule has 2 aliphatic rings. The van der Waals surface area contributed by atoms with Crippen molar-refractivity contribution in [2.45, 2.75) is 29.2 Å². The van der Waals surface area contributed by atoms with Crippen LogP contribution in [-0.2, 0) is 20.9 Å². The minimum atomic E-state index is -1.16. The highest BCUT2D eigenvalue weighted by molar-refractivity contribution is 8.01. The number of aliphatic carboxylic acids is 1. The molecule has 2 atom stereocenters. The van der Waals surface area contributed by atoms with E-state index in [9.17, 15) is 19.5 Å². The van der Waals surface area contributed by atoms with Crippen molar-refractivity contribution in [3.8, 4) is 0 Å². The maximum absolute atomic E-state index is 12.6. The molecule has 4 rings (SSSR count). The van der Waals surface area contributed by atoms with Crippen LogP contribution < -0.4 is 5.32 Å². The fourth-order valence-electron chi connectivity index (χ4n) is 2.90. The number of fused-ring (bicyclic) bond motifs is 1. The van der Waals surface area contributed by atoms with Gasteiger partial charge in [-0.25, -0.2) is 9.48 Å². The number of thioether (sulfide) groups is 2. The second-order valence-corrected chi connectivity index (χ2v) is 9.60. The van der Waals surface area contributed by atoms with Crippen LogP contribution in [-0.4, -0.2) is 81.1 Å². The Morgan fingerprint density at radius 1 is 1.41 bits per heavy atom. The molecular formula is C14H14N8O4S3. The van der Waals surface area contributed by atoms with E-state index in [-0.39, 0.29) is 12.2 Å². The number of tetrazole rings is 1. The molecule has 29 heavy (non-hydrogen) atoms. The largest absolute Gasteiger partial charge is 0.477 e. The Bertz CT molecular complexity index is 991. The van der Waals surface area contributed by atoms with Gasteiger partial charge >= 0.3 is 5.97 Å². The summed E-state index contributed by atoms with van der Waals surface area (Å²) in [6, 6.07) is -0.779. The number of carbonyl (C=O) groups excluding carboxylic acids is 2. The molecule has 0 aromatic carbocycles. The van der Waals surface area contributed by atoms with Crippen LogP contribution in [0.1, 0.15) is 5.01 Å². The van der Waals surface area contributed by atoms with Gasteiger partial charge in [-0.3, -0.25) is 14.5 Å². The number of hydrogen-bond acceptors (Lipinski definition) is 11. The Balaban J connectivity index is 1.44. The van der Waals surface area contributed by atoms with Crippen LogP contribution in [0.25, 0.3) is 0 Å². The molecule has 0 spiro atoms. The predicted molar refractivity (Wildman–Crippen MR) is 103 cm³/mol. The van der Waals surface area contributed by atoms with Crippen molar-refractivity contribution in [3.05, 3.63) is 22.6 Å².